The lowest BCUT2D eigenvalue weighted by molar-refractivity contribution is -0.127. The van der Waals surface area contributed by atoms with Crippen molar-refractivity contribution in [2.24, 2.45) is 0 Å². The largest absolute Gasteiger partial charge is 0.332 e. The maximum absolute atomic E-state index is 13.0. The first-order valence-corrected chi connectivity index (χ1v) is 11.2. The second-order valence-electron chi connectivity index (χ2n) is 7.05. The van der Waals surface area contributed by atoms with Crippen LogP contribution in [0.1, 0.15) is 18.4 Å². The molecule has 1 amide bonds. The fraction of sp³-hybridized carbons (Fsp3) is 0.389. The molecule has 0 spiro atoms. The average molecular weight is 297 g/mol. The highest BCUT2D eigenvalue weighted by molar-refractivity contribution is 6.88. The van der Waals surface area contributed by atoms with Crippen LogP contribution in [0.15, 0.2) is 47.7 Å². The Kier molecular flexibility index (Phi) is 3.40. The summed E-state index contributed by atoms with van der Waals surface area (Å²) in [5.41, 5.74) is 3.44. The van der Waals surface area contributed by atoms with Crippen LogP contribution in [0.2, 0.25) is 19.6 Å². The number of amides is 1. The quantitative estimate of drug-likeness (QED) is 0.759. The predicted molar refractivity (Wildman–Crippen MR) is 90.6 cm³/mol. The normalized spacial score (nSPS) is 22.8. The summed E-state index contributed by atoms with van der Waals surface area (Å²) in [6.07, 6.45) is 2.15. The molecule has 2 aliphatic heterocycles. The van der Waals surface area contributed by atoms with E-state index < -0.39 is 8.07 Å². The van der Waals surface area contributed by atoms with Crippen LogP contribution in [-0.4, -0.2) is 31.5 Å². The molecule has 2 heterocycles. The van der Waals surface area contributed by atoms with Gasteiger partial charge in [-0.3, -0.25) is 4.79 Å². The van der Waals surface area contributed by atoms with Gasteiger partial charge in [0.1, 0.15) is 0 Å². The van der Waals surface area contributed by atoms with E-state index in [1.54, 1.807) is 0 Å². The molecule has 1 fully saturated rings. The van der Waals surface area contributed by atoms with Gasteiger partial charge in [-0.05, 0) is 29.6 Å². The number of fused-ring (bicyclic) bond motifs is 1. The fourth-order valence-corrected chi connectivity index (χ4v) is 5.42. The van der Waals surface area contributed by atoms with Gasteiger partial charge in [-0.2, -0.15) is 0 Å². The summed E-state index contributed by atoms with van der Waals surface area (Å²) in [5, 5.41) is 1.05. The molecule has 110 valence electrons. The van der Waals surface area contributed by atoms with Crippen molar-refractivity contribution in [1.82, 2.24) is 4.90 Å². The third kappa shape index (κ3) is 2.29. The monoisotopic (exact) mass is 297 g/mol. The Bertz CT molecular complexity index is 624. The summed E-state index contributed by atoms with van der Waals surface area (Å²) in [4.78, 5) is 15.1. The van der Waals surface area contributed by atoms with Gasteiger partial charge in [-0.1, -0.05) is 56.6 Å². The zero-order valence-electron chi connectivity index (χ0n) is 13.1. The van der Waals surface area contributed by atoms with E-state index in [9.17, 15) is 4.79 Å². The van der Waals surface area contributed by atoms with Gasteiger partial charge < -0.3 is 4.90 Å². The first-order chi connectivity index (χ1) is 9.91. The van der Waals surface area contributed by atoms with Crippen LogP contribution in [-0.2, 0) is 4.79 Å². The molecule has 0 radical (unpaired) electrons. The Morgan fingerprint density at radius 3 is 2.48 bits per heavy atom. The lowest BCUT2D eigenvalue weighted by atomic mass is 9.89. The molecular formula is C18H23NOSi. The lowest BCUT2D eigenvalue weighted by Gasteiger charge is -2.39. The first kappa shape index (κ1) is 14.3. The van der Waals surface area contributed by atoms with Gasteiger partial charge >= 0.3 is 0 Å². The standard InChI is InChI=1S/C18H23NOSi/c1-13-15-11-8-12-19(15)18(20)17(21(2,3)4)16(13)14-9-6-5-7-10-14/h5-7,9-10,15H,1,8,11-12H2,2-4H3. The Morgan fingerprint density at radius 1 is 1.19 bits per heavy atom. The molecular weight excluding hydrogens is 274 g/mol. The third-order valence-electron chi connectivity index (χ3n) is 4.51. The summed E-state index contributed by atoms with van der Waals surface area (Å²) in [6, 6.07) is 10.5. The second-order valence-corrected chi connectivity index (χ2v) is 12.0. The van der Waals surface area contributed by atoms with Crippen molar-refractivity contribution >= 4 is 19.6 Å². The molecule has 2 aliphatic rings. The van der Waals surface area contributed by atoms with E-state index in [4.69, 9.17) is 0 Å². The molecule has 1 saturated heterocycles. The van der Waals surface area contributed by atoms with Gasteiger partial charge in [0, 0.05) is 11.7 Å². The van der Waals surface area contributed by atoms with Crippen LogP contribution in [0.25, 0.3) is 5.57 Å². The number of nitrogens with zero attached hydrogens (tertiary/aromatic N) is 1. The number of carbonyl (C=O) groups excluding carboxylic acids is 1. The maximum Gasteiger partial charge on any atom is 0.246 e. The molecule has 1 aromatic carbocycles. The van der Waals surface area contributed by atoms with Crippen molar-refractivity contribution in [3.63, 3.8) is 0 Å². The summed E-state index contributed by atoms with van der Waals surface area (Å²) < 4.78 is 0. The lowest BCUT2D eigenvalue weighted by Crippen LogP contribution is -2.47. The van der Waals surface area contributed by atoms with E-state index in [0.29, 0.717) is 0 Å². The van der Waals surface area contributed by atoms with Gasteiger partial charge in [0.15, 0.2) is 0 Å². The van der Waals surface area contributed by atoms with Crippen LogP contribution in [0, 0.1) is 0 Å². The zero-order chi connectivity index (χ0) is 15.2. The van der Waals surface area contributed by atoms with Crippen LogP contribution in [0.3, 0.4) is 0 Å². The molecule has 1 aromatic rings. The molecule has 3 heteroatoms. The van der Waals surface area contributed by atoms with Crippen molar-refractivity contribution in [1.29, 1.82) is 0 Å². The van der Waals surface area contributed by atoms with Gasteiger partial charge in [0.25, 0.3) is 0 Å². The molecule has 1 atom stereocenters. The number of benzene rings is 1. The zero-order valence-corrected chi connectivity index (χ0v) is 14.1. The Hall–Kier alpha value is -1.61. The van der Waals surface area contributed by atoms with Crippen molar-refractivity contribution < 1.29 is 4.79 Å². The minimum absolute atomic E-state index is 0.216. The fourth-order valence-electron chi connectivity index (χ4n) is 3.58. The van der Waals surface area contributed by atoms with Crippen LogP contribution in [0.5, 0.6) is 0 Å². The van der Waals surface area contributed by atoms with Crippen LogP contribution >= 0.6 is 0 Å². The first-order valence-electron chi connectivity index (χ1n) is 7.71. The van der Waals surface area contributed by atoms with Crippen molar-refractivity contribution in [3.05, 3.63) is 53.2 Å². The SMILES string of the molecule is C=C1C(c2ccccc2)=C([Si](C)(C)C)C(=O)N2CCCC12. The number of rotatable bonds is 2. The molecule has 0 aliphatic carbocycles. The number of carbonyl (C=O) groups is 1. The topological polar surface area (TPSA) is 20.3 Å². The maximum atomic E-state index is 13.0. The average Bonchev–Trinajstić information content (AvgIpc) is 2.92. The van der Waals surface area contributed by atoms with Crippen LogP contribution in [0.4, 0.5) is 0 Å². The summed E-state index contributed by atoms with van der Waals surface area (Å²) in [6.45, 7) is 12.0. The smallest absolute Gasteiger partial charge is 0.246 e. The van der Waals surface area contributed by atoms with Crippen molar-refractivity contribution in [3.8, 4) is 0 Å². The molecule has 0 aromatic heterocycles. The minimum Gasteiger partial charge on any atom is -0.332 e. The summed E-state index contributed by atoms with van der Waals surface area (Å²) >= 11 is 0. The highest BCUT2D eigenvalue weighted by Crippen LogP contribution is 2.42. The summed E-state index contributed by atoms with van der Waals surface area (Å²) in [7, 11) is -1.74. The Balaban J connectivity index is 2.24. The number of hydrogen-bond donors (Lipinski definition) is 0. The van der Waals surface area contributed by atoms with E-state index in [2.05, 4.69) is 43.3 Å². The van der Waals surface area contributed by atoms with Gasteiger partial charge in [-0.25, -0.2) is 0 Å². The van der Waals surface area contributed by atoms with E-state index in [1.807, 2.05) is 18.2 Å². The van der Waals surface area contributed by atoms with E-state index in [1.165, 1.54) is 0 Å². The van der Waals surface area contributed by atoms with Gasteiger partial charge in [-0.15, -0.1) is 0 Å². The molecule has 1 unspecified atom stereocenters. The van der Waals surface area contributed by atoms with Crippen LogP contribution < -0.4 is 0 Å². The molecule has 0 N–H and O–H groups in total. The Morgan fingerprint density at radius 2 is 1.86 bits per heavy atom. The molecule has 2 nitrogen and oxygen atoms in total. The molecule has 3 rings (SSSR count). The molecule has 0 saturated carbocycles. The molecule has 21 heavy (non-hydrogen) atoms. The highest BCUT2D eigenvalue weighted by atomic mass is 28.3. The minimum atomic E-state index is -1.74. The van der Waals surface area contributed by atoms with Crippen molar-refractivity contribution in [2.75, 3.05) is 6.54 Å². The van der Waals surface area contributed by atoms with Gasteiger partial charge in [0.2, 0.25) is 5.91 Å². The van der Waals surface area contributed by atoms with E-state index >= 15 is 0 Å². The highest BCUT2D eigenvalue weighted by Gasteiger charge is 2.43. The molecule has 0 bridgehead atoms. The second kappa shape index (κ2) is 4.99. The van der Waals surface area contributed by atoms with E-state index in [-0.39, 0.29) is 11.9 Å². The Labute approximate surface area is 128 Å². The van der Waals surface area contributed by atoms with Crippen molar-refractivity contribution in [2.45, 2.75) is 38.5 Å². The number of hydrogen-bond acceptors (Lipinski definition) is 1. The van der Waals surface area contributed by atoms with Gasteiger partial charge in [0.05, 0.1) is 14.1 Å². The summed E-state index contributed by atoms with van der Waals surface area (Å²) in [5.74, 6) is 0.267. The third-order valence-corrected chi connectivity index (χ3v) is 6.48. The van der Waals surface area contributed by atoms with E-state index in [0.717, 1.165) is 41.3 Å². The predicted octanol–water partition coefficient (Wildman–Crippen LogP) is 3.88.